The van der Waals surface area contributed by atoms with Crippen LogP contribution in [-0.4, -0.2) is 23.6 Å². The molecule has 1 unspecified atom stereocenters. The fourth-order valence-electron chi connectivity index (χ4n) is 0.468. The highest BCUT2D eigenvalue weighted by atomic mass is 16.6. The summed E-state index contributed by atoms with van der Waals surface area (Å²) in [6.07, 6.45) is -0.0959. The topological polar surface area (TPSA) is 64.7 Å². The van der Waals surface area contributed by atoms with Gasteiger partial charge in [-0.05, 0) is 0 Å². The highest BCUT2D eigenvalue weighted by molar-refractivity contribution is 5.68. The third-order valence-electron chi connectivity index (χ3n) is 1.13. The third kappa shape index (κ3) is 1.68. The van der Waals surface area contributed by atoms with Crippen LogP contribution in [0.4, 0.5) is 0 Å². The van der Waals surface area contributed by atoms with Crippen molar-refractivity contribution in [3.63, 3.8) is 0 Å². The Labute approximate surface area is 57.9 Å². The normalized spacial score (nSPS) is 21.7. The van der Waals surface area contributed by atoms with Gasteiger partial charge in [-0.25, -0.2) is 0 Å². The minimum absolute atomic E-state index is 0.0934. The first kappa shape index (κ1) is 6.98. The van der Waals surface area contributed by atoms with Crippen molar-refractivity contribution in [3.8, 4) is 0 Å². The van der Waals surface area contributed by atoms with Crippen LogP contribution in [0.5, 0.6) is 0 Å². The predicted octanol–water partition coefficient (Wildman–Crippen LogP) is 0.242. The van der Waals surface area contributed by atoms with E-state index in [1.807, 2.05) is 0 Å². The van der Waals surface area contributed by atoms with Gasteiger partial charge in [0.2, 0.25) is 0 Å². The average Bonchev–Trinajstić information content (AvgIpc) is 2.61. The van der Waals surface area contributed by atoms with Crippen LogP contribution < -0.4 is 0 Å². The van der Waals surface area contributed by atoms with Crippen molar-refractivity contribution in [1.82, 2.24) is 0 Å². The first-order chi connectivity index (χ1) is 4.74. The maximum atomic E-state index is 10.5. The standard InChI is InChI=1S/C5H8N2O3/c1-2-5(8)10-3-4-6-7(4)9/h4H,2-3H2,1H3. The van der Waals surface area contributed by atoms with Gasteiger partial charge >= 0.3 is 12.1 Å². The average molecular weight is 144 g/mol. The molecule has 0 N–H and O–H groups in total. The molecule has 0 bridgehead atoms. The van der Waals surface area contributed by atoms with E-state index in [4.69, 9.17) is 0 Å². The molecule has 0 amide bonds. The van der Waals surface area contributed by atoms with Crippen molar-refractivity contribution in [1.29, 1.82) is 0 Å². The predicted molar refractivity (Wildman–Crippen MR) is 31.1 cm³/mol. The van der Waals surface area contributed by atoms with Gasteiger partial charge in [-0.3, -0.25) is 4.79 Å². The lowest BCUT2D eigenvalue weighted by Crippen LogP contribution is -2.11. The molecule has 0 radical (unpaired) electrons. The number of hydroxylamine groups is 1. The van der Waals surface area contributed by atoms with Crippen molar-refractivity contribution in [2.45, 2.75) is 19.5 Å². The summed E-state index contributed by atoms with van der Waals surface area (Å²) in [5.41, 5.74) is 0. The maximum absolute atomic E-state index is 10.5. The molecule has 0 fully saturated rings. The lowest BCUT2D eigenvalue weighted by molar-refractivity contribution is -0.417. The van der Waals surface area contributed by atoms with Gasteiger partial charge in [0.1, 0.15) is 0 Å². The van der Waals surface area contributed by atoms with Crippen molar-refractivity contribution < 1.29 is 14.4 Å². The van der Waals surface area contributed by atoms with Crippen LogP contribution in [0.25, 0.3) is 0 Å². The molecule has 1 atom stereocenters. The molecule has 0 spiro atoms. The zero-order chi connectivity index (χ0) is 7.56. The molecule has 1 heterocycles. The van der Waals surface area contributed by atoms with Crippen LogP contribution in [0.2, 0.25) is 0 Å². The molecular formula is C5H8N2O3. The monoisotopic (exact) mass is 144 g/mol. The highest BCUT2D eigenvalue weighted by Gasteiger charge is 2.34. The Morgan fingerprint density at radius 2 is 2.50 bits per heavy atom. The van der Waals surface area contributed by atoms with E-state index in [-0.39, 0.29) is 12.6 Å². The van der Waals surface area contributed by atoms with E-state index in [2.05, 4.69) is 9.85 Å². The molecule has 0 saturated carbocycles. The van der Waals surface area contributed by atoms with E-state index in [1.165, 1.54) is 0 Å². The van der Waals surface area contributed by atoms with Crippen molar-refractivity contribution >= 4 is 5.97 Å². The molecule has 56 valence electrons. The van der Waals surface area contributed by atoms with Crippen LogP contribution in [0.1, 0.15) is 13.3 Å². The molecule has 0 saturated heterocycles. The van der Waals surface area contributed by atoms with E-state index in [0.717, 1.165) is 0 Å². The fourth-order valence-corrected chi connectivity index (χ4v) is 0.468. The Bertz CT molecular complexity index is 178. The zero-order valence-electron chi connectivity index (χ0n) is 5.61. The van der Waals surface area contributed by atoms with Crippen molar-refractivity contribution in [2.24, 2.45) is 5.11 Å². The number of hydrogen-bond acceptors (Lipinski definition) is 4. The minimum Gasteiger partial charge on any atom is -0.598 e. The number of rotatable bonds is 3. The fraction of sp³-hybridized carbons (Fsp3) is 0.800. The molecule has 5 nitrogen and oxygen atoms in total. The van der Waals surface area contributed by atoms with Gasteiger partial charge in [-0.2, -0.15) is 0 Å². The molecule has 1 aliphatic heterocycles. The van der Waals surface area contributed by atoms with Gasteiger partial charge in [-0.1, -0.05) is 11.8 Å². The number of carbonyl (C=O) groups is 1. The van der Waals surface area contributed by atoms with E-state index in [1.54, 1.807) is 6.92 Å². The number of esters is 1. The molecular weight excluding hydrogens is 136 g/mol. The largest absolute Gasteiger partial charge is 0.598 e. The summed E-state index contributed by atoms with van der Waals surface area (Å²) in [5, 5.41) is 13.5. The molecule has 0 aromatic carbocycles. The third-order valence-corrected chi connectivity index (χ3v) is 1.13. The summed E-state index contributed by atoms with van der Waals surface area (Å²) in [5.74, 6) is -0.296. The van der Waals surface area contributed by atoms with E-state index >= 15 is 0 Å². The SMILES string of the molecule is CCC(=O)OCC1N=[N+]1[O-]. The maximum Gasteiger partial charge on any atom is 0.370 e. The van der Waals surface area contributed by atoms with Gasteiger partial charge in [-0.15, -0.1) is 0 Å². The van der Waals surface area contributed by atoms with Gasteiger partial charge in [0.15, 0.2) is 6.61 Å². The number of ether oxygens (including phenoxy) is 1. The van der Waals surface area contributed by atoms with Crippen LogP contribution in [0.15, 0.2) is 5.11 Å². The number of carbonyl (C=O) groups excluding carboxylic acids is 1. The Hall–Kier alpha value is -1.13. The zero-order valence-corrected chi connectivity index (χ0v) is 5.61. The summed E-state index contributed by atoms with van der Waals surface area (Å²) in [6, 6.07) is 0. The minimum atomic E-state index is -0.435. The van der Waals surface area contributed by atoms with Crippen LogP contribution in [-0.2, 0) is 9.53 Å². The lowest BCUT2D eigenvalue weighted by Gasteiger charge is -1.95. The van der Waals surface area contributed by atoms with Gasteiger partial charge in [0.05, 0.1) is 5.11 Å². The Morgan fingerprint density at radius 1 is 1.90 bits per heavy atom. The van der Waals surface area contributed by atoms with Gasteiger partial charge < -0.3 is 9.94 Å². The second-order valence-electron chi connectivity index (χ2n) is 1.94. The van der Waals surface area contributed by atoms with E-state index in [0.29, 0.717) is 11.3 Å². The second-order valence-corrected chi connectivity index (χ2v) is 1.94. The second kappa shape index (κ2) is 2.64. The van der Waals surface area contributed by atoms with Crippen LogP contribution in [0, 0.1) is 5.21 Å². The number of nitrogens with zero attached hydrogens (tertiary/aromatic N) is 2. The molecule has 1 aliphatic rings. The molecule has 5 heteroatoms. The molecule has 0 aromatic rings. The first-order valence-electron chi connectivity index (χ1n) is 3.06. The summed E-state index contributed by atoms with van der Waals surface area (Å²) in [6.45, 7) is 1.79. The quantitative estimate of drug-likeness (QED) is 0.324. The van der Waals surface area contributed by atoms with Crippen LogP contribution in [0.3, 0.4) is 0 Å². The Kier molecular flexibility index (Phi) is 1.84. The summed E-state index contributed by atoms with van der Waals surface area (Å²) < 4.78 is 4.61. The van der Waals surface area contributed by atoms with Crippen molar-refractivity contribution in [2.75, 3.05) is 6.61 Å². The van der Waals surface area contributed by atoms with Crippen molar-refractivity contribution in [3.05, 3.63) is 5.21 Å². The van der Waals surface area contributed by atoms with Gasteiger partial charge in [0.25, 0.3) is 0 Å². The van der Waals surface area contributed by atoms with Crippen LogP contribution >= 0.6 is 0 Å². The Morgan fingerprint density at radius 3 is 2.90 bits per heavy atom. The first-order valence-corrected chi connectivity index (χ1v) is 3.06. The molecule has 10 heavy (non-hydrogen) atoms. The summed E-state index contributed by atoms with van der Waals surface area (Å²) >= 11 is 0. The molecule has 1 rings (SSSR count). The summed E-state index contributed by atoms with van der Waals surface area (Å²) in [4.78, 5) is 11.0. The van der Waals surface area contributed by atoms with E-state index in [9.17, 15) is 10.0 Å². The van der Waals surface area contributed by atoms with Gasteiger partial charge in [0, 0.05) is 6.42 Å². The molecule has 0 aliphatic carbocycles. The smallest absolute Gasteiger partial charge is 0.370 e. The van der Waals surface area contributed by atoms with E-state index < -0.39 is 6.17 Å². The molecule has 0 aromatic heterocycles. The highest BCUT2D eigenvalue weighted by Crippen LogP contribution is 2.08. The Balaban J connectivity index is 2.02. The lowest BCUT2D eigenvalue weighted by atomic mass is 10.5. The number of hydrogen-bond donors (Lipinski definition) is 0. The summed E-state index contributed by atoms with van der Waals surface area (Å²) in [7, 11) is 0.